The third-order valence-electron chi connectivity index (χ3n) is 5.64. The number of carbonyl (C=O) groups excluding carboxylic acids is 2. The van der Waals surface area contributed by atoms with Crippen LogP contribution < -0.4 is 10.0 Å². The van der Waals surface area contributed by atoms with Crippen LogP contribution in [0.15, 0.2) is 53.4 Å². The van der Waals surface area contributed by atoms with Gasteiger partial charge in [0, 0.05) is 50.0 Å². The van der Waals surface area contributed by atoms with Crippen molar-refractivity contribution in [3.05, 3.63) is 59.9 Å². The Balaban J connectivity index is 1.47. The van der Waals surface area contributed by atoms with E-state index in [1.165, 1.54) is 36.4 Å². The highest BCUT2D eigenvalue weighted by Gasteiger charge is 2.28. The molecule has 1 heterocycles. The van der Waals surface area contributed by atoms with Crippen LogP contribution >= 0.6 is 0 Å². The van der Waals surface area contributed by atoms with E-state index in [9.17, 15) is 22.4 Å². The number of rotatable bonds is 10. The molecule has 2 aromatic carbocycles. The lowest BCUT2D eigenvalue weighted by atomic mass is 9.95. The van der Waals surface area contributed by atoms with Gasteiger partial charge in [-0.3, -0.25) is 9.59 Å². The summed E-state index contributed by atoms with van der Waals surface area (Å²) in [5.41, 5.74) is 0.924. The minimum atomic E-state index is -3.63. The monoisotopic (exact) mass is 491 g/mol. The molecule has 34 heavy (non-hydrogen) atoms. The normalized spacial score (nSPS) is 14.7. The number of hydrogen-bond acceptors (Lipinski definition) is 5. The summed E-state index contributed by atoms with van der Waals surface area (Å²) in [7, 11) is -3.63. The van der Waals surface area contributed by atoms with Gasteiger partial charge in [0.15, 0.2) is 0 Å². The average molecular weight is 492 g/mol. The fraction of sp³-hybridized carbons (Fsp3) is 0.417. The second-order valence-electron chi connectivity index (χ2n) is 8.04. The molecule has 2 amide bonds. The van der Waals surface area contributed by atoms with Crippen molar-refractivity contribution in [2.45, 2.75) is 31.1 Å². The molecular formula is C24H30FN3O5S. The highest BCUT2D eigenvalue weighted by Crippen LogP contribution is 2.22. The Morgan fingerprint density at radius 2 is 1.71 bits per heavy atom. The summed E-state index contributed by atoms with van der Waals surface area (Å²) in [6.07, 6.45) is 1.60. The third-order valence-corrected chi connectivity index (χ3v) is 7.11. The summed E-state index contributed by atoms with van der Waals surface area (Å²) in [5, 5.41) is 2.82. The van der Waals surface area contributed by atoms with E-state index in [0.29, 0.717) is 56.8 Å². The summed E-state index contributed by atoms with van der Waals surface area (Å²) in [4.78, 5) is 27.0. The maximum atomic E-state index is 13.1. The molecule has 8 nitrogen and oxygen atoms in total. The highest BCUT2D eigenvalue weighted by molar-refractivity contribution is 7.89. The van der Waals surface area contributed by atoms with Gasteiger partial charge >= 0.3 is 0 Å². The van der Waals surface area contributed by atoms with E-state index in [4.69, 9.17) is 4.74 Å². The van der Waals surface area contributed by atoms with E-state index in [1.54, 1.807) is 17.0 Å². The molecule has 0 saturated carbocycles. The van der Waals surface area contributed by atoms with E-state index in [-0.39, 0.29) is 29.2 Å². The number of ether oxygens (including phenoxy) is 1. The lowest BCUT2D eigenvalue weighted by Crippen LogP contribution is -2.41. The number of sulfonamides is 1. The number of piperidine rings is 1. The van der Waals surface area contributed by atoms with Crippen LogP contribution in [0.1, 0.15) is 36.5 Å². The van der Waals surface area contributed by atoms with Crippen LogP contribution in [0, 0.1) is 11.7 Å². The summed E-state index contributed by atoms with van der Waals surface area (Å²) in [6, 6.07) is 11.4. The minimum absolute atomic E-state index is 0.120. The Morgan fingerprint density at radius 3 is 2.32 bits per heavy atom. The first kappa shape index (κ1) is 25.8. The predicted octanol–water partition coefficient (Wildman–Crippen LogP) is 3.02. The van der Waals surface area contributed by atoms with E-state index in [2.05, 4.69) is 10.0 Å². The minimum Gasteiger partial charge on any atom is -0.382 e. The van der Waals surface area contributed by atoms with E-state index < -0.39 is 15.8 Å². The molecule has 1 aliphatic rings. The van der Waals surface area contributed by atoms with E-state index in [0.717, 1.165) is 0 Å². The van der Waals surface area contributed by atoms with Gasteiger partial charge in [-0.1, -0.05) is 0 Å². The summed E-state index contributed by atoms with van der Waals surface area (Å²) < 4.78 is 45.5. The summed E-state index contributed by atoms with van der Waals surface area (Å²) in [5.74, 6) is -1.00. The lowest BCUT2D eigenvalue weighted by Gasteiger charge is -2.31. The number of amides is 2. The van der Waals surface area contributed by atoms with Crippen LogP contribution in [0.5, 0.6) is 0 Å². The van der Waals surface area contributed by atoms with Crippen molar-refractivity contribution in [3.63, 3.8) is 0 Å². The SMILES string of the molecule is CCOCCCNS(=O)(=O)c1ccc(NC(=O)C2CCN(C(=O)c3ccc(F)cc3)CC2)cc1. The summed E-state index contributed by atoms with van der Waals surface area (Å²) in [6.45, 7) is 4.10. The van der Waals surface area contributed by atoms with Crippen molar-refractivity contribution in [1.29, 1.82) is 0 Å². The first-order valence-electron chi connectivity index (χ1n) is 11.3. The van der Waals surface area contributed by atoms with Crippen molar-refractivity contribution >= 4 is 27.5 Å². The molecule has 3 rings (SSSR count). The van der Waals surface area contributed by atoms with Crippen molar-refractivity contribution < 1.29 is 27.1 Å². The topological polar surface area (TPSA) is 105 Å². The molecule has 2 aromatic rings. The number of carbonyl (C=O) groups is 2. The predicted molar refractivity (Wildman–Crippen MR) is 126 cm³/mol. The van der Waals surface area contributed by atoms with Crippen LogP contribution in [-0.2, 0) is 19.6 Å². The maximum Gasteiger partial charge on any atom is 0.253 e. The molecular weight excluding hydrogens is 461 g/mol. The Bertz CT molecular complexity index is 1070. The van der Waals surface area contributed by atoms with Gasteiger partial charge in [0.1, 0.15) is 5.82 Å². The zero-order chi connectivity index (χ0) is 24.6. The quantitative estimate of drug-likeness (QED) is 0.497. The van der Waals surface area contributed by atoms with E-state index >= 15 is 0 Å². The molecule has 1 aliphatic heterocycles. The maximum absolute atomic E-state index is 13.1. The van der Waals surface area contributed by atoms with Crippen LogP contribution in [0.2, 0.25) is 0 Å². The fourth-order valence-corrected chi connectivity index (χ4v) is 4.76. The molecule has 0 aromatic heterocycles. The highest BCUT2D eigenvalue weighted by atomic mass is 32.2. The molecule has 10 heteroatoms. The van der Waals surface area contributed by atoms with Crippen molar-refractivity contribution in [2.24, 2.45) is 5.92 Å². The zero-order valence-electron chi connectivity index (χ0n) is 19.1. The van der Waals surface area contributed by atoms with Gasteiger partial charge in [-0.05, 0) is 74.7 Å². The molecule has 1 saturated heterocycles. The summed E-state index contributed by atoms with van der Waals surface area (Å²) >= 11 is 0. The Hall–Kier alpha value is -2.82. The number of benzene rings is 2. The standard InChI is InChI=1S/C24H30FN3O5S/c1-2-33-17-3-14-26-34(31,32)22-10-8-21(9-11-22)27-23(29)18-12-15-28(16-13-18)24(30)19-4-6-20(25)7-5-19/h4-11,18,26H,2-3,12-17H2,1H3,(H,27,29). The number of anilines is 1. The largest absolute Gasteiger partial charge is 0.382 e. The molecule has 1 fully saturated rings. The van der Waals surface area contributed by atoms with Gasteiger partial charge in [0.25, 0.3) is 5.91 Å². The van der Waals surface area contributed by atoms with Crippen molar-refractivity contribution in [3.8, 4) is 0 Å². The third kappa shape index (κ3) is 7.09. The van der Waals surface area contributed by atoms with Crippen molar-refractivity contribution in [1.82, 2.24) is 9.62 Å². The first-order chi connectivity index (χ1) is 16.3. The van der Waals surface area contributed by atoms with Crippen LogP contribution in [-0.4, -0.2) is 58.0 Å². The fourth-order valence-electron chi connectivity index (χ4n) is 3.69. The molecule has 0 atom stereocenters. The Kier molecular flexibility index (Phi) is 9.14. The lowest BCUT2D eigenvalue weighted by molar-refractivity contribution is -0.121. The number of nitrogens with zero attached hydrogens (tertiary/aromatic N) is 1. The average Bonchev–Trinajstić information content (AvgIpc) is 2.84. The van der Waals surface area contributed by atoms with Crippen molar-refractivity contribution in [2.75, 3.05) is 38.2 Å². The number of likely N-dealkylation sites (tertiary alicyclic amines) is 1. The molecule has 0 aliphatic carbocycles. The van der Waals surface area contributed by atoms with Gasteiger partial charge in [-0.15, -0.1) is 0 Å². The molecule has 0 unspecified atom stereocenters. The molecule has 0 spiro atoms. The second kappa shape index (κ2) is 12.0. The van der Waals surface area contributed by atoms with E-state index in [1.807, 2.05) is 6.92 Å². The Labute approximate surface area is 199 Å². The number of halogens is 1. The van der Waals surface area contributed by atoms with Crippen LogP contribution in [0.4, 0.5) is 10.1 Å². The van der Waals surface area contributed by atoms with Crippen LogP contribution in [0.25, 0.3) is 0 Å². The molecule has 2 N–H and O–H groups in total. The molecule has 184 valence electrons. The van der Waals surface area contributed by atoms with Gasteiger partial charge < -0.3 is 15.0 Å². The number of nitrogens with one attached hydrogen (secondary N) is 2. The molecule has 0 bridgehead atoms. The van der Waals surface area contributed by atoms with Gasteiger partial charge in [-0.2, -0.15) is 0 Å². The van der Waals surface area contributed by atoms with Gasteiger partial charge in [0.05, 0.1) is 4.90 Å². The second-order valence-corrected chi connectivity index (χ2v) is 9.80. The molecule has 0 radical (unpaired) electrons. The van der Waals surface area contributed by atoms with Gasteiger partial charge in [-0.25, -0.2) is 17.5 Å². The van der Waals surface area contributed by atoms with Gasteiger partial charge in [0.2, 0.25) is 15.9 Å². The zero-order valence-corrected chi connectivity index (χ0v) is 19.9. The van der Waals surface area contributed by atoms with Crippen LogP contribution in [0.3, 0.4) is 0 Å². The smallest absolute Gasteiger partial charge is 0.253 e. The number of hydrogen-bond donors (Lipinski definition) is 2. The first-order valence-corrected chi connectivity index (χ1v) is 12.8. The Morgan fingerprint density at radius 1 is 1.06 bits per heavy atom.